The van der Waals surface area contributed by atoms with Gasteiger partial charge in [0.25, 0.3) is 0 Å². The largest absolute Gasteiger partial charge is 0.330 e. The highest BCUT2D eigenvalue weighted by atomic mass is 15.2. The summed E-state index contributed by atoms with van der Waals surface area (Å²) in [6, 6.07) is 0.809. The molecule has 0 radical (unpaired) electrons. The Kier molecular flexibility index (Phi) is 7.14. The highest BCUT2D eigenvalue weighted by Crippen LogP contribution is 2.24. The molecule has 0 aromatic heterocycles. The summed E-state index contributed by atoms with van der Waals surface area (Å²) in [4.78, 5) is 2.68. The molecule has 2 heteroatoms. The van der Waals surface area contributed by atoms with Gasteiger partial charge >= 0.3 is 0 Å². The molecule has 3 unspecified atom stereocenters. The number of rotatable bonds is 8. The van der Waals surface area contributed by atoms with Crippen LogP contribution in [0.4, 0.5) is 0 Å². The Morgan fingerprint density at radius 3 is 2.53 bits per heavy atom. The van der Waals surface area contributed by atoms with E-state index in [1.54, 1.807) is 0 Å². The quantitative estimate of drug-likeness (QED) is 0.705. The summed E-state index contributed by atoms with van der Waals surface area (Å²) in [6.07, 6.45) is 8.02. The monoisotopic (exact) mass is 240 g/mol. The van der Waals surface area contributed by atoms with Gasteiger partial charge in [-0.05, 0) is 57.5 Å². The fraction of sp³-hybridized carbons (Fsp3) is 1.00. The van der Waals surface area contributed by atoms with Crippen LogP contribution in [-0.2, 0) is 0 Å². The Labute approximate surface area is 108 Å². The molecule has 0 aromatic rings. The highest BCUT2D eigenvalue weighted by molar-refractivity contribution is 4.80. The minimum Gasteiger partial charge on any atom is -0.330 e. The van der Waals surface area contributed by atoms with Crippen molar-refractivity contribution < 1.29 is 0 Å². The Bertz CT molecular complexity index is 187. The van der Waals surface area contributed by atoms with E-state index in [0.717, 1.165) is 24.4 Å². The van der Waals surface area contributed by atoms with Crippen LogP contribution in [0.2, 0.25) is 0 Å². The van der Waals surface area contributed by atoms with Crippen molar-refractivity contribution in [3.63, 3.8) is 0 Å². The van der Waals surface area contributed by atoms with E-state index in [1.165, 1.54) is 51.6 Å². The third-order valence-corrected chi connectivity index (χ3v) is 4.24. The van der Waals surface area contributed by atoms with E-state index >= 15 is 0 Å². The number of nitrogens with zero attached hydrogens (tertiary/aromatic N) is 1. The molecule has 0 amide bonds. The van der Waals surface area contributed by atoms with Crippen molar-refractivity contribution in [2.75, 3.05) is 19.6 Å². The zero-order valence-electron chi connectivity index (χ0n) is 12.1. The van der Waals surface area contributed by atoms with Gasteiger partial charge in [0, 0.05) is 12.6 Å². The maximum atomic E-state index is 5.68. The van der Waals surface area contributed by atoms with Gasteiger partial charge in [-0.1, -0.05) is 26.7 Å². The molecule has 1 aliphatic rings. The van der Waals surface area contributed by atoms with E-state index in [4.69, 9.17) is 5.73 Å². The lowest BCUT2D eigenvalue weighted by atomic mass is 9.94. The molecule has 17 heavy (non-hydrogen) atoms. The first-order valence-corrected chi connectivity index (χ1v) is 7.61. The molecule has 102 valence electrons. The van der Waals surface area contributed by atoms with Gasteiger partial charge in [0.15, 0.2) is 0 Å². The topological polar surface area (TPSA) is 29.3 Å². The van der Waals surface area contributed by atoms with E-state index < -0.39 is 0 Å². The maximum Gasteiger partial charge on any atom is 0.00700 e. The molecule has 1 heterocycles. The van der Waals surface area contributed by atoms with Crippen molar-refractivity contribution >= 4 is 0 Å². The fourth-order valence-electron chi connectivity index (χ4n) is 3.36. The van der Waals surface area contributed by atoms with Crippen molar-refractivity contribution in [1.82, 2.24) is 4.90 Å². The first-order valence-electron chi connectivity index (χ1n) is 7.61. The van der Waals surface area contributed by atoms with Crippen LogP contribution in [0.5, 0.6) is 0 Å². The third-order valence-electron chi connectivity index (χ3n) is 4.24. The van der Waals surface area contributed by atoms with E-state index in [2.05, 4.69) is 25.7 Å². The molecule has 1 fully saturated rings. The summed E-state index contributed by atoms with van der Waals surface area (Å²) < 4.78 is 0. The van der Waals surface area contributed by atoms with Crippen LogP contribution in [0.15, 0.2) is 0 Å². The minimum atomic E-state index is 0.809. The van der Waals surface area contributed by atoms with Gasteiger partial charge in [0.1, 0.15) is 0 Å². The first kappa shape index (κ1) is 15.0. The fourth-order valence-corrected chi connectivity index (χ4v) is 3.36. The zero-order chi connectivity index (χ0) is 12.7. The van der Waals surface area contributed by atoms with E-state index in [-0.39, 0.29) is 0 Å². The second-order valence-corrected chi connectivity index (χ2v) is 6.06. The van der Waals surface area contributed by atoms with Gasteiger partial charge in [-0.3, -0.25) is 0 Å². The molecule has 0 aromatic carbocycles. The summed E-state index contributed by atoms with van der Waals surface area (Å²) >= 11 is 0. The van der Waals surface area contributed by atoms with Crippen LogP contribution < -0.4 is 5.73 Å². The lowest BCUT2D eigenvalue weighted by Gasteiger charge is -2.22. The van der Waals surface area contributed by atoms with Crippen molar-refractivity contribution in [3.8, 4) is 0 Å². The number of hydrogen-bond donors (Lipinski definition) is 1. The highest BCUT2D eigenvalue weighted by Gasteiger charge is 2.25. The van der Waals surface area contributed by atoms with E-state index in [1.807, 2.05) is 0 Å². The SMILES string of the molecule is CCCC(CCN)CCCN1CC(C)CC1C. The average molecular weight is 240 g/mol. The van der Waals surface area contributed by atoms with Crippen molar-refractivity contribution in [2.24, 2.45) is 17.6 Å². The van der Waals surface area contributed by atoms with Gasteiger partial charge < -0.3 is 10.6 Å². The van der Waals surface area contributed by atoms with Crippen molar-refractivity contribution in [1.29, 1.82) is 0 Å². The maximum absolute atomic E-state index is 5.68. The Morgan fingerprint density at radius 1 is 1.24 bits per heavy atom. The van der Waals surface area contributed by atoms with Crippen LogP contribution in [0, 0.1) is 11.8 Å². The van der Waals surface area contributed by atoms with Gasteiger partial charge in [0.2, 0.25) is 0 Å². The molecule has 0 bridgehead atoms. The van der Waals surface area contributed by atoms with E-state index in [9.17, 15) is 0 Å². The summed E-state index contributed by atoms with van der Waals surface area (Å²) in [7, 11) is 0. The molecule has 0 spiro atoms. The van der Waals surface area contributed by atoms with Crippen LogP contribution in [0.1, 0.15) is 59.3 Å². The molecule has 0 aliphatic carbocycles. The Morgan fingerprint density at radius 2 is 2.00 bits per heavy atom. The Hall–Kier alpha value is -0.0800. The molecule has 1 saturated heterocycles. The summed E-state index contributed by atoms with van der Waals surface area (Å²) in [5.74, 6) is 1.78. The number of likely N-dealkylation sites (tertiary alicyclic amines) is 1. The van der Waals surface area contributed by atoms with Crippen LogP contribution in [-0.4, -0.2) is 30.6 Å². The number of hydrogen-bond acceptors (Lipinski definition) is 2. The zero-order valence-corrected chi connectivity index (χ0v) is 12.1. The molecule has 1 aliphatic heterocycles. The average Bonchev–Trinajstić information content (AvgIpc) is 2.58. The molecular formula is C15H32N2. The molecular weight excluding hydrogens is 208 g/mol. The molecule has 2 N–H and O–H groups in total. The van der Waals surface area contributed by atoms with Crippen molar-refractivity contribution in [3.05, 3.63) is 0 Å². The van der Waals surface area contributed by atoms with Crippen LogP contribution in [0.3, 0.4) is 0 Å². The first-order chi connectivity index (χ1) is 8.17. The second kappa shape index (κ2) is 8.10. The summed E-state index contributed by atoms with van der Waals surface area (Å²) in [5, 5.41) is 0. The summed E-state index contributed by atoms with van der Waals surface area (Å²) in [6.45, 7) is 10.5. The minimum absolute atomic E-state index is 0.809. The lowest BCUT2D eigenvalue weighted by Crippen LogP contribution is -2.28. The Balaban J connectivity index is 2.16. The number of nitrogens with two attached hydrogens (primary N) is 1. The molecule has 0 saturated carbocycles. The third kappa shape index (κ3) is 5.39. The van der Waals surface area contributed by atoms with Crippen LogP contribution in [0.25, 0.3) is 0 Å². The lowest BCUT2D eigenvalue weighted by molar-refractivity contribution is 0.249. The van der Waals surface area contributed by atoms with Crippen molar-refractivity contribution in [2.45, 2.75) is 65.3 Å². The predicted molar refractivity (Wildman–Crippen MR) is 76.1 cm³/mol. The molecule has 2 nitrogen and oxygen atoms in total. The predicted octanol–water partition coefficient (Wildman–Crippen LogP) is 3.26. The summed E-state index contributed by atoms with van der Waals surface area (Å²) in [5.41, 5.74) is 5.68. The van der Waals surface area contributed by atoms with Crippen LogP contribution >= 0.6 is 0 Å². The molecule has 1 rings (SSSR count). The second-order valence-electron chi connectivity index (χ2n) is 6.06. The van der Waals surface area contributed by atoms with Gasteiger partial charge in [-0.15, -0.1) is 0 Å². The van der Waals surface area contributed by atoms with Gasteiger partial charge in [-0.2, -0.15) is 0 Å². The van der Waals surface area contributed by atoms with E-state index in [0.29, 0.717) is 0 Å². The van der Waals surface area contributed by atoms with Gasteiger partial charge in [-0.25, -0.2) is 0 Å². The molecule has 3 atom stereocenters. The van der Waals surface area contributed by atoms with Gasteiger partial charge in [0.05, 0.1) is 0 Å². The normalized spacial score (nSPS) is 27.5. The standard InChI is InChI=1S/C15H32N2/c1-4-6-15(8-9-16)7-5-10-17-12-13(2)11-14(17)3/h13-15H,4-12,16H2,1-3H3. The smallest absolute Gasteiger partial charge is 0.00700 e.